The highest BCUT2D eigenvalue weighted by Crippen LogP contribution is 2.25. The van der Waals surface area contributed by atoms with E-state index in [1.54, 1.807) is 12.3 Å². The van der Waals surface area contributed by atoms with Crippen molar-refractivity contribution in [2.45, 2.75) is 32.9 Å². The van der Waals surface area contributed by atoms with Gasteiger partial charge in [-0.3, -0.25) is 9.67 Å². The van der Waals surface area contributed by atoms with Crippen LogP contribution in [0.25, 0.3) is 0 Å². The summed E-state index contributed by atoms with van der Waals surface area (Å²) in [4.78, 5) is 4.14. The molecule has 2 aromatic heterocycles. The van der Waals surface area contributed by atoms with Crippen LogP contribution in [0.2, 0.25) is 5.02 Å². The van der Waals surface area contributed by atoms with Crippen molar-refractivity contribution >= 4 is 11.6 Å². The van der Waals surface area contributed by atoms with Crippen LogP contribution in [0, 0.1) is 6.92 Å². The number of hydrogen-bond donors (Lipinski definition) is 1. The lowest BCUT2D eigenvalue weighted by Crippen LogP contribution is -2.09. The van der Waals surface area contributed by atoms with Gasteiger partial charge in [0, 0.05) is 19.2 Å². The van der Waals surface area contributed by atoms with Crippen molar-refractivity contribution in [3.63, 3.8) is 0 Å². The average molecular weight is 266 g/mol. The summed E-state index contributed by atoms with van der Waals surface area (Å²) in [6.45, 7) is 4.60. The highest BCUT2D eigenvalue weighted by Gasteiger charge is 2.18. The van der Waals surface area contributed by atoms with E-state index in [4.69, 9.17) is 11.6 Å². The van der Waals surface area contributed by atoms with Gasteiger partial charge in [-0.05, 0) is 26.0 Å². The highest BCUT2D eigenvalue weighted by atomic mass is 35.5. The molecule has 0 aliphatic carbocycles. The van der Waals surface area contributed by atoms with Crippen molar-refractivity contribution in [3.05, 3.63) is 46.5 Å². The summed E-state index contributed by atoms with van der Waals surface area (Å²) < 4.78 is 1.82. The summed E-state index contributed by atoms with van der Waals surface area (Å²) in [5.41, 5.74) is 2.30. The van der Waals surface area contributed by atoms with Gasteiger partial charge in [0.1, 0.15) is 6.10 Å². The van der Waals surface area contributed by atoms with E-state index >= 15 is 0 Å². The fourth-order valence-corrected chi connectivity index (χ4v) is 2.14. The molecule has 2 rings (SSSR count). The number of aliphatic hydroxyl groups is 1. The van der Waals surface area contributed by atoms with E-state index in [9.17, 15) is 5.11 Å². The Morgan fingerprint density at radius 2 is 2.22 bits per heavy atom. The number of nitrogens with zero attached hydrogens (tertiary/aromatic N) is 3. The zero-order chi connectivity index (χ0) is 13.1. The summed E-state index contributed by atoms with van der Waals surface area (Å²) in [6, 6.07) is 5.48. The van der Waals surface area contributed by atoms with E-state index in [2.05, 4.69) is 10.1 Å². The molecule has 1 N–H and O–H groups in total. The van der Waals surface area contributed by atoms with E-state index in [-0.39, 0.29) is 0 Å². The second-order valence-corrected chi connectivity index (χ2v) is 4.51. The molecule has 18 heavy (non-hydrogen) atoms. The van der Waals surface area contributed by atoms with Gasteiger partial charge in [-0.1, -0.05) is 17.7 Å². The Kier molecular flexibility index (Phi) is 3.99. The number of aromatic nitrogens is 3. The van der Waals surface area contributed by atoms with Crippen molar-refractivity contribution in [1.82, 2.24) is 14.8 Å². The van der Waals surface area contributed by atoms with Crippen molar-refractivity contribution in [1.29, 1.82) is 0 Å². The van der Waals surface area contributed by atoms with Crippen LogP contribution in [0.4, 0.5) is 0 Å². The van der Waals surface area contributed by atoms with Gasteiger partial charge in [-0.2, -0.15) is 5.10 Å². The van der Waals surface area contributed by atoms with Crippen molar-refractivity contribution in [2.75, 3.05) is 0 Å². The van der Waals surface area contributed by atoms with Crippen LogP contribution < -0.4 is 0 Å². The SMILES string of the molecule is CCn1nc(C)c(Cl)c1CC(O)c1ccccn1. The van der Waals surface area contributed by atoms with Crippen molar-refractivity contribution < 1.29 is 5.11 Å². The molecule has 2 heterocycles. The van der Waals surface area contributed by atoms with Gasteiger partial charge in [0.05, 0.1) is 22.1 Å². The van der Waals surface area contributed by atoms with Gasteiger partial charge in [-0.25, -0.2) is 0 Å². The van der Waals surface area contributed by atoms with Crippen LogP contribution in [-0.4, -0.2) is 19.9 Å². The largest absolute Gasteiger partial charge is 0.386 e. The first-order chi connectivity index (χ1) is 8.63. The van der Waals surface area contributed by atoms with Crippen molar-refractivity contribution in [3.8, 4) is 0 Å². The number of rotatable bonds is 4. The molecule has 2 aromatic rings. The molecule has 0 saturated heterocycles. The first-order valence-corrected chi connectivity index (χ1v) is 6.32. The molecule has 96 valence electrons. The maximum atomic E-state index is 10.2. The standard InChI is InChI=1S/C13H16ClN3O/c1-3-17-11(13(14)9(2)16-17)8-12(18)10-6-4-5-7-15-10/h4-7,12,18H,3,8H2,1-2H3. The molecular formula is C13H16ClN3O. The Hall–Kier alpha value is -1.39. The smallest absolute Gasteiger partial charge is 0.101 e. The molecule has 0 fully saturated rings. The predicted octanol–water partition coefficient (Wildman–Crippen LogP) is 2.54. The maximum Gasteiger partial charge on any atom is 0.101 e. The molecule has 1 atom stereocenters. The lowest BCUT2D eigenvalue weighted by atomic mass is 10.1. The van der Waals surface area contributed by atoms with Crippen LogP contribution in [0.15, 0.2) is 24.4 Å². The summed E-state index contributed by atoms with van der Waals surface area (Å²) in [5, 5.41) is 15.1. The van der Waals surface area contributed by atoms with E-state index in [1.807, 2.05) is 30.7 Å². The quantitative estimate of drug-likeness (QED) is 0.924. The molecule has 0 radical (unpaired) electrons. The minimum atomic E-state index is -0.662. The van der Waals surface area contributed by atoms with E-state index in [0.717, 1.165) is 17.9 Å². The van der Waals surface area contributed by atoms with Crippen LogP contribution in [0.5, 0.6) is 0 Å². The number of aryl methyl sites for hydroxylation is 2. The van der Waals surface area contributed by atoms with Crippen molar-refractivity contribution in [2.24, 2.45) is 0 Å². The molecule has 0 amide bonds. The Morgan fingerprint density at radius 1 is 1.44 bits per heavy atom. The molecule has 0 bridgehead atoms. The fourth-order valence-electron chi connectivity index (χ4n) is 1.92. The number of halogens is 1. The van der Waals surface area contributed by atoms with Crippen LogP contribution in [0.3, 0.4) is 0 Å². The molecule has 0 spiro atoms. The normalized spacial score (nSPS) is 12.7. The summed E-state index contributed by atoms with van der Waals surface area (Å²) in [7, 11) is 0. The number of hydrogen-bond acceptors (Lipinski definition) is 3. The van der Waals surface area contributed by atoms with Crippen LogP contribution in [0.1, 0.15) is 30.1 Å². The lowest BCUT2D eigenvalue weighted by molar-refractivity contribution is 0.170. The van der Waals surface area contributed by atoms with E-state index in [1.165, 1.54) is 0 Å². The Balaban J connectivity index is 2.24. The summed E-state index contributed by atoms with van der Waals surface area (Å²) in [6.07, 6.45) is 1.43. The molecule has 0 aliphatic heterocycles. The maximum absolute atomic E-state index is 10.2. The zero-order valence-electron chi connectivity index (χ0n) is 10.5. The van der Waals surface area contributed by atoms with Gasteiger partial charge in [0.15, 0.2) is 0 Å². The Bertz CT molecular complexity index is 525. The van der Waals surface area contributed by atoms with Crippen LogP contribution in [-0.2, 0) is 13.0 Å². The predicted molar refractivity (Wildman–Crippen MR) is 70.5 cm³/mol. The second kappa shape index (κ2) is 5.50. The third-order valence-corrected chi connectivity index (χ3v) is 3.36. The molecule has 1 unspecified atom stereocenters. The fraction of sp³-hybridized carbons (Fsp3) is 0.385. The van der Waals surface area contributed by atoms with Gasteiger partial charge < -0.3 is 5.11 Å². The van der Waals surface area contributed by atoms with E-state index < -0.39 is 6.10 Å². The first-order valence-electron chi connectivity index (χ1n) is 5.94. The van der Waals surface area contributed by atoms with E-state index in [0.29, 0.717) is 17.1 Å². The van der Waals surface area contributed by atoms with Crippen LogP contribution >= 0.6 is 11.6 Å². The highest BCUT2D eigenvalue weighted by molar-refractivity contribution is 6.31. The topological polar surface area (TPSA) is 50.9 Å². The summed E-state index contributed by atoms with van der Waals surface area (Å²) in [5.74, 6) is 0. The monoisotopic (exact) mass is 265 g/mol. The minimum Gasteiger partial charge on any atom is -0.386 e. The van der Waals surface area contributed by atoms with Gasteiger partial charge >= 0.3 is 0 Å². The molecule has 0 aromatic carbocycles. The molecule has 0 aliphatic rings. The molecule has 0 saturated carbocycles. The average Bonchev–Trinajstić information content (AvgIpc) is 2.67. The first kappa shape index (κ1) is 13.1. The van der Waals surface area contributed by atoms with Gasteiger partial charge in [0.25, 0.3) is 0 Å². The third kappa shape index (κ3) is 2.54. The second-order valence-electron chi connectivity index (χ2n) is 4.14. The van der Waals surface area contributed by atoms with Gasteiger partial charge in [-0.15, -0.1) is 0 Å². The molecular weight excluding hydrogens is 250 g/mol. The number of aliphatic hydroxyl groups excluding tert-OH is 1. The minimum absolute atomic E-state index is 0.421. The Labute approximate surface area is 111 Å². The molecule has 4 nitrogen and oxygen atoms in total. The van der Waals surface area contributed by atoms with Gasteiger partial charge in [0.2, 0.25) is 0 Å². The zero-order valence-corrected chi connectivity index (χ0v) is 11.2. The molecule has 5 heteroatoms. The third-order valence-electron chi connectivity index (χ3n) is 2.87. The lowest BCUT2D eigenvalue weighted by Gasteiger charge is -2.11. The Morgan fingerprint density at radius 3 is 2.83 bits per heavy atom. The number of pyridine rings is 1. The summed E-state index contributed by atoms with van der Waals surface area (Å²) >= 11 is 6.21.